The van der Waals surface area contributed by atoms with Crippen LogP contribution in [0.4, 0.5) is 0 Å². The number of nitrogens with zero attached hydrogens (tertiary/aromatic N) is 1. The van der Waals surface area contributed by atoms with Crippen LogP contribution in [-0.4, -0.2) is 8.42 Å². The second-order valence-corrected chi connectivity index (χ2v) is 10.9. The van der Waals surface area contributed by atoms with Crippen LogP contribution in [0.3, 0.4) is 0 Å². The molecule has 0 spiro atoms. The predicted molar refractivity (Wildman–Crippen MR) is 162 cm³/mol. The Morgan fingerprint density at radius 3 is 1.51 bits per heavy atom. The first-order valence-electron chi connectivity index (χ1n) is 12.3. The molecule has 7 heteroatoms. The quantitative estimate of drug-likeness (QED) is 0.161. The van der Waals surface area contributed by atoms with E-state index >= 15 is 0 Å². The molecule has 2 N–H and O–H groups in total. The molecule has 0 bridgehead atoms. The second-order valence-electron chi connectivity index (χ2n) is 9.25. The van der Waals surface area contributed by atoms with Crippen molar-refractivity contribution in [3.63, 3.8) is 0 Å². The Morgan fingerprint density at radius 1 is 0.667 bits per heavy atom. The molecular formula is C32H38ClN2O2RuS+. The van der Waals surface area contributed by atoms with Gasteiger partial charge in [0.1, 0.15) is 10.0 Å². The van der Waals surface area contributed by atoms with Crippen molar-refractivity contribution in [1.82, 2.24) is 0 Å². The van der Waals surface area contributed by atoms with E-state index in [0.717, 1.165) is 16.7 Å². The molecule has 0 aliphatic rings. The van der Waals surface area contributed by atoms with Gasteiger partial charge in [-0.15, -0.1) is 0 Å². The van der Waals surface area contributed by atoms with Crippen molar-refractivity contribution in [3.8, 4) is 0 Å². The normalized spacial score (nSPS) is 12.1. The van der Waals surface area contributed by atoms with Crippen molar-refractivity contribution in [2.45, 2.75) is 50.6 Å². The predicted octanol–water partition coefficient (Wildman–Crippen LogP) is 8.75. The zero-order chi connectivity index (χ0) is 28.1. The summed E-state index contributed by atoms with van der Waals surface area (Å²) >= 11 is 1.82. The molecule has 0 saturated carbocycles. The van der Waals surface area contributed by atoms with E-state index in [2.05, 4.69) is 59.4 Å². The van der Waals surface area contributed by atoms with Crippen molar-refractivity contribution < 1.29 is 25.7 Å². The van der Waals surface area contributed by atoms with Gasteiger partial charge in [0.2, 0.25) is 0 Å². The van der Waals surface area contributed by atoms with Crippen LogP contribution in [-0.2, 0) is 27.3 Å². The van der Waals surface area contributed by atoms with Gasteiger partial charge in [-0.1, -0.05) is 134 Å². The van der Waals surface area contributed by atoms with Crippen LogP contribution in [0.25, 0.3) is 4.72 Å². The molecule has 0 heterocycles. The zero-order valence-electron chi connectivity index (χ0n) is 23.1. The van der Waals surface area contributed by atoms with Crippen molar-refractivity contribution in [2.75, 3.05) is 0 Å². The summed E-state index contributed by atoms with van der Waals surface area (Å²) in [4.78, 5) is 0.171. The number of halogens is 1. The Balaban J connectivity index is 0.000000493. The van der Waals surface area contributed by atoms with Gasteiger partial charge < -0.3 is 17.9 Å². The zero-order valence-corrected chi connectivity index (χ0v) is 26.4. The Bertz CT molecular complexity index is 1320. The van der Waals surface area contributed by atoms with Crippen molar-refractivity contribution in [2.24, 2.45) is 5.73 Å². The first-order valence-corrected chi connectivity index (χ1v) is 15.9. The molecule has 0 aromatic heterocycles. The Labute approximate surface area is 249 Å². The van der Waals surface area contributed by atoms with Crippen LogP contribution in [0.1, 0.15) is 59.7 Å². The standard InChI is InChI=1S/C21H21N2O2S.C10H14.CH3.ClH.Ru/c1-16-12-14-19(15-13-16)26(24,25)23-21(18-10-6-3-7-11-18)20(22)17-8-4-2-5-9-17;1-8(2)10-6-4-9(3)5-7-10;;;/h2-15,20-21H,22H2,1H3;4-8H,1-3H3;1H3;1H;/q-1;;-1;;+4/p-1/t20-,21-;;;;/m0..../s1. The fourth-order valence-corrected chi connectivity index (χ4v) is 4.87. The average Bonchev–Trinajstić information content (AvgIpc) is 2.94. The third-order valence-corrected chi connectivity index (χ3v) is 7.35. The summed E-state index contributed by atoms with van der Waals surface area (Å²) in [7, 11) is 0.736. The summed E-state index contributed by atoms with van der Waals surface area (Å²) < 4.78 is 29.9. The van der Waals surface area contributed by atoms with Gasteiger partial charge in [-0.3, -0.25) is 0 Å². The van der Waals surface area contributed by atoms with Gasteiger partial charge in [-0.2, -0.15) is 0 Å². The third-order valence-electron chi connectivity index (χ3n) is 5.98. The minimum absolute atomic E-state index is 0. The minimum atomic E-state index is -3.83. The average molecular weight is 651 g/mol. The summed E-state index contributed by atoms with van der Waals surface area (Å²) in [6.45, 7) is 8.45. The number of hydrogen-bond acceptors (Lipinski definition) is 3. The van der Waals surface area contributed by atoms with E-state index in [9.17, 15) is 8.42 Å². The van der Waals surface area contributed by atoms with Crippen LogP contribution in [0.15, 0.2) is 114 Å². The second kappa shape index (κ2) is 17.4. The number of benzene rings is 4. The van der Waals surface area contributed by atoms with E-state index in [4.69, 9.17) is 5.73 Å². The number of nitrogens with two attached hydrogens (primary N) is 1. The van der Waals surface area contributed by atoms with Crippen LogP contribution in [0.5, 0.6) is 0 Å². The van der Waals surface area contributed by atoms with E-state index in [1.54, 1.807) is 24.3 Å². The van der Waals surface area contributed by atoms with Gasteiger partial charge in [-0.05, 0) is 43.0 Å². The Morgan fingerprint density at radius 2 is 1.08 bits per heavy atom. The monoisotopic (exact) mass is 651 g/mol. The molecule has 2 atom stereocenters. The molecule has 4 aromatic rings. The molecule has 0 unspecified atom stereocenters. The fraction of sp³-hybridized carbons (Fsp3) is 0.219. The van der Waals surface area contributed by atoms with E-state index in [-0.39, 0.29) is 12.3 Å². The van der Waals surface area contributed by atoms with Gasteiger partial charge in [0.25, 0.3) is 0 Å². The van der Waals surface area contributed by atoms with E-state index < -0.39 is 22.1 Å². The molecule has 0 fully saturated rings. The van der Waals surface area contributed by atoms with Crippen molar-refractivity contribution in [1.29, 1.82) is 0 Å². The van der Waals surface area contributed by atoms with Crippen LogP contribution < -0.4 is 5.73 Å². The Kier molecular flexibility index (Phi) is 15.5. The molecule has 0 aliphatic carbocycles. The van der Waals surface area contributed by atoms with Crippen molar-refractivity contribution >= 4 is 19.7 Å². The number of hydrogen-bond donors (Lipinski definition) is 1. The van der Waals surface area contributed by atoms with Gasteiger partial charge in [0.15, 0.2) is 0 Å². The van der Waals surface area contributed by atoms with E-state index in [1.807, 2.05) is 84.9 Å². The van der Waals surface area contributed by atoms with Gasteiger partial charge in [0.05, 0.1) is 0 Å². The van der Waals surface area contributed by atoms with Crippen LogP contribution >= 0.6 is 9.69 Å². The molecule has 208 valence electrons. The molecule has 4 nitrogen and oxygen atoms in total. The molecule has 0 aliphatic heterocycles. The summed E-state index contributed by atoms with van der Waals surface area (Å²) in [6.07, 6.45) is 0. The van der Waals surface area contributed by atoms with Crippen molar-refractivity contribution in [3.05, 3.63) is 149 Å². The number of sulfonamides is 1. The fourth-order valence-electron chi connectivity index (χ4n) is 3.71. The van der Waals surface area contributed by atoms with E-state index in [0.29, 0.717) is 5.92 Å². The van der Waals surface area contributed by atoms with Gasteiger partial charge in [-0.25, -0.2) is 8.42 Å². The maximum absolute atomic E-state index is 12.8. The molecule has 0 amide bonds. The molecular weight excluding hydrogens is 613 g/mol. The summed E-state index contributed by atoms with van der Waals surface area (Å²) in [5.41, 5.74) is 11.8. The number of rotatable bonds is 7. The first kappa shape index (κ1) is 34.7. The van der Waals surface area contributed by atoms with Gasteiger partial charge in [0, 0.05) is 10.9 Å². The SMILES string of the molecule is Cc1ccc(C(C)C)cc1.Cc1ccc(S(=O)(=O)[N-][C@@H](c2ccccc2)[C@@H](N)c2ccccc2)cc1.[CH3-].[Cl][Ru+3]. The molecule has 4 aromatic carbocycles. The number of aryl methyl sites for hydroxylation is 2. The van der Waals surface area contributed by atoms with Gasteiger partial charge >= 0.3 is 27.0 Å². The van der Waals surface area contributed by atoms with Crippen LogP contribution in [0.2, 0.25) is 0 Å². The molecule has 0 saturated heterocycles. The molecule has 0 radical (unpaired) electrons. The third kappa shape index (κ3) is 11.0. The molecule has 39 heavy (non-hydrogen) atoms. The maximum atomic E-state index is 12.8. The summed E-state index contributed by atoms with van der Waals surface area (Å²) in [6, 6.07) is 32.8. The summed E-state index contributed by atoms with van der Waals surface area (Å²) in [5, 5.41) is 0. The van der Waals surface area contributed by atoms with E-state index in [1.165, 1.54) is 11.1 Å². The van der Waals surface area contributed by atoms with Crippen LogP contribution in [0, 0.1) is 21.3 Å². The molecule has 4 rings (SSSR count). The first-order chi connectivity index (χ1) is 18.2. The summed E-state index contributed by atoms with van der Waals surface area (Å²) in [5.74, 6) is 0.653. The Hall–Kier alpha value is -2.34. The topological polar surface area (TPSA) is 74.3 Å².